The summed E-state index contributed by atoms with van der Waals surface area (Å²) in [5.41, 5.74) is 0.747. The van der Waals surface area contributed by atoms with Crippen LogP contribution in [0.5, 0.6) is 0 Å². The number of benzene rings is 1. The van der Waals surface area contributed by atoms with Gasteiger partial charge in [0.05, 0.1) is 10.2 Å². The molecule has 1 heterocycles. The van der Waals surface area contributed by atoms with Crippen LogP contribution in [0.2, 0.25) is 0 Å². The van der Waals surface area contributed by atoms with Gasteiger partial charge in [0.2, 0.25) is 11.8 Å². The number of aromatic nitrogens is 1. The van der Waals surface area contributed by atoms with E-state index in [1.54, 1.807) is 39.0 Å². The first kappa shape index (κ1) is 19.6. The van der Waals surface area contributed by atoms with Crippen molar-refractivity contribution in [2.24, 2.45) is 0 Å². The highest BCUT2D eigenvalue weighted by atomic mass is 32.1. The molecule has 26 heavy (non-hydrogen) atoms. The molecule has 0 aliphatic heterocycles. The maximum absolute atomic E-state index is 12.1. The van der Waals surface area contributed by atoms with Crippen LogP contribution in [0.1, 0.15) is 27.7 Å². The Hall–Kier alpha value is -2.68. The van der Waals surface area contributed by atoms with Crippen LogP contribution in [0.3, 0.4) is 0 Å². The average molecular weight is 378 g/mol. The summed E-state index contributed by atoms with van der Waals surface area (Å²) in [5.74, 6) is -0.535. The minimum absolute atomic E-state index is 0.151. The lowest BCUT2D eigenvalue weighted by atomic mass is 10.2. The number of ether oxygens (including phenoxy) is 1. The number of hydrogen-bond donors (Lipinski definition) is 2. The Morgan fingerprint density at radius 1 is 1.23 bits per heavy atom. The van der Waals surface area contributed by atoms with Gasteiger partial charge in [-0.15, -0.1) is 0 Å². The molecule has 3 amide bonds. The van der Waals surface area contributed by atoms with Crippen LogP contribution in [0.15, 0.2) is 18.2 Å². The van der Waals surface area contributed by atoms with Crippen molar-refractivity contribution in [1.29, 1.82) is 0 Å². The number of likely N-dealkylation sites (N-methyl/N-ethyl adjacent to an activating group) is 1. The van der Waals surface area contributed by atoms with Gasteiger partial charge in [0, 0.05) is 19.7 Å². The number of anilines is 2. The van der Waals surface area contributed by atoms with Crippen molar-refractivity contribution >= 4 is 50.3 Å². The van der Waals surface area contributed by atoms with Crippen LogP contribution in [0, 0.1) is 0 Å². The number of thiazole rings is 1. The first-order valence-corrected chi connectivity index (χ1v) is 8.77. The Labute approximate surface area is 155 Å². The van der Waals surface area contributed by atoms with Crippen molar-refractivity contribution in [3.05, 3.63) is 18.2 Å². The lowest BCUT2D eigenvalue weighted by Crippen LogP contribution is -2.38. The lowest BCUT2D eigenvalue weighted by molar-refractivity contribution is -0.117. The van der Waals surface area contributed by atoms with Gasteiger partial charge in [0.15, 0.2) is 5.13 Å². The number of fused-ring (bicyclic) bond motifs is 1. The summed E-state index contributed by atoms with van der Waals surface area (Å²) in [7, 11) is 1.49. The molecule has 2 aromatic rings. The highest BCUT2D eigenvalue weighted by Crippen LogP contribution is 2.28. The number of carbonyl (C=O) groups is 3. The number of nitrogens with zero attached hydrogens (tertiary/aromatic N) is 2. The van der Waals surface area contributed by atoms with Gasteiger partial charge in [0.25, 0.3) is 0 Å². The summed E-state index contributed by atoms with van der Waals surface area (Å²) in [6, 6.07) is 5.29. The predicted molar refractivity (Wildman–Crippen MR) is 101 cm³/mol. The smallest absolute Gasteiger partial charge is 0.410 e. The average Bonchev–Trinajstić information content (AvgIpc) is 2.85. The summed E-state index contributed by atoms with van der Waals surface area (Å²) in [5, 5.41) is 5.79. The van der Waals surface area contributed by atoms with E-state index >= 15 is 0 Å². The van der Waals surface area contributed by atoms with E-state index in [9.17, 15) is 14.4 Å². The van der Waals surface area contributed by atoms with Crippen LogP contribution in [-0.2, 0) is 14.3 Å². The second-order valence-electron chi connectivity index (χ2n) is 6.77. The highest BCUT2D eigenvalue weighted by Gasteiger charge is 2.21. The van der Waals surface area contributed by atoms with Gasteiger partial charge in [0.1, 0.15) is 12.1 Å². The van der Waals surface area contributed by atoms with Gasteiger partial charge >= 0.3 is 6.09 Å². The van der Waals surface area contributed by atoms with Gasteiger partial charge in [-0.25, -0.2) is 9.78 Å². The third kappa shape index (κ3) is 5.69. The molecule has 0 fully saturated rings. The van der Waals surface area contributed by atoms with Crippen LogP contribution in [-0.4, -0.2) is 47.0 Å². The van der Waals surface area contributed by atoms with Gasteiger partial charge in [-0.05, 0) is 39.0 Å². The third-order valence-corrected chi connectivity index (χ3v) is 3.97. The zero-order chi connectivity index (χ0) is 19.5. The summed E-state index contributed by atoms with van der Waals surface area (Å²) in [4.78, 5) is 40.7. The van der Waals surface area contributed by atoms with Crippen molar-refractivity contribution in [2.45, 2.75) is 33.3 Å². The van der Waals surface area contributed by atoms with Gasteiger partial charge in [-0.1, -0.05) is 11.3 Å². The summed E-state index contributed by atoms with van der Waals surface area (Å²) in [6.45, 7) is 6.56. The quantitative estimate of drug-likeness (QED) is 0.851. The molecule has 0 aliphatic carbocycles. The van der Waals surface area contributed by atoms with E-state index in [0.717, 1.165) is 4.70 Å². The molecule has 2 rings (SSSR count). The molecule has 0 atom stereocenters. The largest absolute Gasteiger partial charge is 0.444 e. The molecule has 1 aromatic heterocycles. The Balaban J connectivity index is 2.00. The monoisotopic (exact) mass is 378 g/mol. The number of nitrogens with one attached hydrogen (secondary N) is 2. The molecule has 1 aromatic carbocycles. The van der Waals surface area contributed by atoms with Crippen molar-refractivity contribution in [1.82, 2.24) is 9.88 Å². The fraction of sp³-hybridized carbons (Fsp3) is 0.412. The first-order valence-electron chi connectivity index (χ1n) is 7.95. The normalized spacial score (nSPS) is 11.1. The van der Waals surface area contributed by atoms with E-state index < -0.39 is 11.7 Å². The minimum atomic E-state index is -0.625. The van der Waals surface area contributed by atoms with Crippen molar-refractivity contribution in [2.75, 3.05) is 24.2 Å². The lowest BCUT2D eigenvalue weighted by Gasteiger charge is -2.24. The van der Waals surface area contributed by atoms with Gasteiger partial charge in [-0.2, -0.15) is 0 Å². The van der Waals surface area contributed by atoms with Crippen LogP contribution in [0.4, 0.5) is 15.6 Å². The molecule has 0 saturated carbocycles. The number of amides is 3. The molecule has 9 heteroatoms. The van der Waals surface area contributed by atoms with Crippen LogP contribution in [0.25, 0.3) is 10.2 Å². The Morgan fingerprint density at radius 3 is 2.54 bits per heavy atom. The Kier molecular flexibility index (Phi) is 5.81. The third-order valence-electron chi connectivity index (χ3n) is 3.04. The predicted octanol–water partition coefficient (Wildman–Crippen LogP) is 3.06. The van der Waals surface area contributed by atoms with E-state index in [4.69, 9.17) is 4.74 Å². The molecule has 0 unspecified atom stereocenters. The molecule has 0 radical (unpaired) electrons. The molecule has 0 saturated heterocycles. The number of rotatable bonds is 4. The topological polar surface area (TPSA) is 101 Å². The van der Waals surface area contributed by atoms with Crippen molar-refractivity contribution in [3.63, 3.8) is 0 Å². The molecule has 0 aliphatic rings. The Bertz CT molecular complexity index is 841. The van der Waals surface area contributed by atoms with Crippen molar-refractivity contribution < 1.29 is 19.1 Å². The second kappa shape index (κ2) is 7.69. The minimum Gasteiger partial charge on any atom is -0.444 e. The molecule has 2 N–H and O–H groups in total. The Morgan fingerprint density at radius 2 is 1.92 bits per heavy atom. The molecule has 0 bridgehead atoms. The number of carbonyl (C=O) groups excluding carboxylic acids is 3. The summed E-state index contributed by atoms with van der Waals surface area (Å²) in [6.07, 6.45) is -0.572. The van der Waals surface area contributed by atoms with Gasteiger partial charge < -0.3 is 20.3 Å². The van der Waals surface area contributed by atoms with E-state index in [-0.39, 0.29) is 18.4 Å². The molecular weight excluding hydrogens is 356 g/mol. The van der Waals surface area contributed by atoms with Crippen LogP contribution < -0.4 is 10.6 Å². The molecule has 8 nitrogen and oxygen atoms in total. The van der Waals surface area contributed by atoms with E-state index in [2.05, 4.69) is 15.6 Å². The molecule has 140 valence electrons. The second-order valence-corrected chi connectivity index (χ2v) is 7.80. The first-order chi connectivity index (χ1) is 12.0. The fourth-order valence-electron chi connectivity index (χ4n) is 2.04. The SMILES string of the molecule is CC(=O)Nc1ccc2nc(NC(=O)CN(C)C(=O)OC(C)(C)C)sc2c1. The fourth-order valence-corrected chi connectivity index (χ4v) is 2.96. The molecule has 0 spiro atoms. The summed E-state index contributed by atoms with van der Waals surface area (Å²) >= 11 is 1.28. The number of hydrogen-bond acceptors (Lipinski definition) is 6. The maximum atomic E-state index is 12.1. The zero-order valence-electron chi connectivity index (χ0n) is 15.4. The van der Waals surface area contributed by atoms with Crippen LogP contribution >= 0.6 is 11.3 Å². The van der Waals surface area contributed by atoms with E-state index in [1.807, 2.05) is 0 Å². The highest BCUT2D eigenvalue weighted by molar-refractivity contribution is 7.22. The standard InChI is InChI=1S/C17H22N4O4S/c1-10(22)18-11-6-7-12-13(8-11)26-15(19-12)20-14(23)9-21(5)16(24)25-17(2,3)4/h6-8H,9H2,1-5H3,(H,18,22)(H,19,20,23). The molecular formula is C17H22N4O4S. The van der Waals surface area contributed by atoms with Crippen molar-refractivity contribution in [3.8, 4) is 0 Å². The summed E-state index contributed by atoms with van der Waals surface area (Å²) < 4.78 is 6.03. The maximum Gasteiger partial charge on any atom is 0.410 e. The van der Waals surface area contributed by atoms with E-state index in [0.29, 0.717) is 16.3 Å². The van der Waals surface area contributed by atoms with E-state index in [1.165, 1.54) is 30.2 Å². The van der Waals surface area contributed by atoms with Gasteiger partial charge in [-0.3, -0.25) is 9.59 Å². The zero-order valence-corrected chi connectivity index (χ0v) is 16.2.